The third-order valence-corrected chi connectivity index (χ3v) is 7.96. The molecule has 7 nitrogen and oxygen atoms in total. The van der Waals surface area contributed by atoms with E-state index in [1.54, 1.807) is 30.6 Å². The van der Waals surface area contributed by atoms with Crippen LogP contribution in [-0.2, 0) is 15.3 Å². The summed E-state index contributed by atoms with van der Waals surface area (Å²) >= 11 is 8.64. The number of hydrogen-bond donors (Lipinski definition) is 1. The van der Waals surface area contributed by atoms with Gasteiger partial charge in [-0.25, -0.2) is 0 Å². The fourth-order valence-corrected chi connectivity index (χ4v) is 5.77. The predicted octanol–water partition coefficient (Wildman–Crippen LogP) is 6.06. The predicted molar refractivity (Wildman–Crippen MR) is 146 cm³/mol. The summed E-state index contributed by atoms with van der Waals surface area (Å²) in [4.78, 5) is 32.0. The quantitative estimate of drug-likeness (QED) is 0.163. The Morgan fingerprint density at radius 2 is 1.86 bits per heavy atom. The first-order valence-electron chi connectivity index (χ1n) is 11.2. The van der Waals surface area contributed by atoms with E-state index in [0.717, 1.165) is 11.1 Å². The molecule has 5 rings (SSSR count). The van der Waals surface area contributed by atoms with E-state index < -0.39 is 23.5 Å². The van der Waals surface area contributed by atoms with E-state index in [-0.39, 0.29) is 10.7 Å². The summed E-state index contributed by atoms with van der Waals surface area (Å²) in [5.41, 5.74) is 2.42. The number of amides is 1. The maximum atomic E-state index is 13.3. The van der Waals surface area contributed by atoms with E-state index in [4.69, 9.17) is 11.6 Å². The third kappa shape index (κ3) is 5.48. The maximum absolute atomic E-state index is 13.3. The minimum absolute atomic E-state index is 0.0317. The Hall–Kier alpha value is -3.79. The number of anilines is 1. The van der Waals surface area contributed by atoms with Crippen LogP contribution in [0.3, 0.4) is 0 Å². The highest BCUT2D eigenvalue weighted by Crippen LogP contribution is 2.43. The van der Waals surface area contributed by atoms with Crippen molar-refractivity contribution >= 4 is 57.6 Å². The molecule has 1 atom stereocenters. The molecule has 37 heavy (non-hydrogen) atoms. The smallest absolute Gasteiger partial charge is 0.296 e. The number of aromatic nitrogens is 3. The molecular weight excluding hydrogens is 528 g/mol. The highest BCUT2D eigenvalue weighted by atomic mass is 35.5. The van der Waals surface area contributed by atoms with Crippen molar-refractivity contribution in [2.24, 2.45) is 0 Å². The van der Waals surface area contributed by atoms with Gasteiger partial charge in [0.25, 0.3) is 5.91 Å². The second kappa shape index (κ2) is 11.1. The molecule has 0 spiro atoms. The molecule has 4 aromatic rings. The van der Waals surface area contributed by atoms with Crippen LogP contribution in [0.25, 0.3) is 6.08 Å². The van der Waals surface area contributed by atoms with Gasteiger partial charge in [0.05, 0.1) is 11.6 Å². The number of allylic oxidation sites excluding steroid dienone is 1. The lowest BCUT2D eigenvalue weighted by atomic mass is 9.97. The monoisotopic (exact) mass is 546 g/mol. The minimum atomic E-state index is -0.892. The Bertz CT molecular complexity index is 1490. The van der Waals surface area contributed by atoms with E-state index in [1.165, 1.54) is 34.1 Å². The SMILES string of the molecule is O=C(/C=C/c1ccccc1)C1=C(O)C(=O)N(c2nnc(SCc3ccc(Cl)cc3)s2)C1c1cccnc1. The first kappa shape index (κ1) is 24.9. The van der Waals surface area contributed by atoms with Crippen LogP contribution in [0.15, 0.2) is 101 Å². The first-order valence-corrected chi connectivity index (χ1v) is 13.3. The van der Waals surface area contributed by atoms with Crippen molar-refractivity contribution in [2.75, 3.05) is 4.90 Å². The van der Waals surface area contributed by atoms with Crippen LogP contribution in [-0.4, -0.2) is 32.0 Å². The van der Waals surface area contributed by atoms with Crippen LogP contribution in [0, 0.1) is 0 Å². The summed E-state index contributed by atoms with van der Waals surface area (Å²) in [6.07, 6.45) is 6.16. The highest BCUT2D eigenvalue weighted by molar-refractivity contribution is 8.00. The van der Waals surface area contributed by atoms with Gasteiger partial charge < -0.3 is 5.11 Å². The van der Waals surface area contributed by atoms with E-state index in [2.05, 4.69) is 15.2 Å². The summed E-state index contributed by atoms with van der Waals surface area (Å²) in [6, 6.07) is 19.4. The molecule has 0 bridgehead atoms. The zero-order valence-electron chi connectivity index (χ0n) is 19.2. The molecular formula is C27H19ClN4O3S2. The van der Waals surface area contributed by atoms with Crippen LogP contribution < -0.4 is 4.90 Å². The van der Waals surface area contributed by atoms with E-state index in [1.807, 2.05) is 54.6 Å². The topological polar surface area (TPSA) is 96.3 Å². The number of nitrogens with zero attached hydrogens (tertiary/aromatic N) is 4. The highest BCUT2D eigenvalue weighted by Gasteiger charge is 2.45. The summed E-state index contributed by atoms with van der Waals surface area (Å²) in [5.74, 6) is -1.16. The first-order chi connectivity index (χ1) is 18.0. The summed E-state index contributed by atoms with van der Waals surface area (Å²) in [7, 11) is 0. The molecule has 0 aliphatic carbocycles. The lowest BCUT2D eigenvalue weighted by molar-refractivity contribution is -0.117. The van der Waals surface area contributed by atoms with Crippen molar-refractivity contribution in [1.29, 1.82) is 0 Å². The van der Waals surface area contributed by atoms with Crippen LogP contribution >= 0.6 is 34.7 Å². The number of aliphatic hydroxyl groups excluding tert-OH is 1. The Kier molecular flexibility index (Phi) is 7.45. The standard InChI is InChI=1S/C27H19ClN4O3S2/c28-20-11-8-18(9-12-20)16-36-27-31-30-26(37-27)32-23(19-7-4-14-29-15-19)22(24(34)25(32)35)21(33)13-10-17-5-2-1-3-6-17/h1-15,23,34H,16H2/b13-10+. The molecule has 0 fully saturated rings. The lowest BCUT2D eigenvalue weighted by Gasteiger charge is -2.23. The number of aliphatic hydroxyl groups is 1. The van der Waals surface area contributed by atoms with E-state index in [0.29, 0.717) is 20.7 Å². The Morgan fingerprint density at radius 3 is 2.59 bits per heavy atom. The second-order valence-corrected chi connectivity index (χ2v) is 10.6. The van der Waals surface area contributed by atoms with Gasteiger partial charge >= 0.3 is 0 Å². The van der Waals surface area contributed by atoms with Gasteiger partial charge in [-0.2, -0.15) is 0 Å². The second-order valence-electron chi connectivity index (χ2n) is 8.00. The molecule has 1 aliphatic heterocycles. The Morgan fingerprint density at radius 1 is 1.08 bits per heavy atom. The molecule has 2 aromatic carbocycles. The Balaban J connectivity index is 1.43. The van der Waals surface area contributed by atoms with Gasteiger partial charge in [-0.1, -0.05) is 89.3 Å². The van der Waals surface area contributed by atoms with Crippen LogP contribution in [0.1, 0.15) is 22.7 Å². The van der Waals surface area contributed by atoms with Crippen LogP contribution in [0.4, 0.5) is 5.13 Å². The molecule has 1 N–H and O–H groups in total. The van der Waals surface area contributed by atoms with Gasteiger partial charge in [0.1, 0.15) is 0 Å². The zero-order valence-corrected chi connectivity index (χ0v) is 21.6. The molecule has 0 saturated heterocycles. The molecule has 0 saturated carbocycles. The number of hydrogen-bond acceptors (Lipinski definition) is 8. The molecule has 1 amide bonds. The van der Waals surface area contributed by atoms with Crippen molar-refractivity contribution in [2.45, 2.75) is 16.1 Å². The molecule has 2 aromatic heterocycles. The van der Waals surface area contributed by atoms with E-state index >= 15 is 0 Å². The fraction of sp³-hybridized carbons (Fsp3) is 0.0741. The zero-order chi connectivity index (χ0) is 25.8. The number of ketones is 1. The maximum Gasteiger partial charge on any atom is 0.296 e. The molecule has 3 heterocycles. The summed E-state index contributed by atoms with van der Waals surface area (Å²) < 4.78 is 0.644. The van der Waals surface area contributed by atoms with Gasteiger partial charge in [-0.15, -0.1) is 10.2 Å². The number of benzene rings is 2. The average molecular weight is 547 g/mol. The van der Waals surface area contributed by atoms with Crippen molar-refractivity contribution in [1.82, 2.24) is 15.2 Å². The third-order valence-electron chi connectivity index (χ3n) is 5.58. The van der Waals surface area contributed by atoms with Gasteiger partial charge in [-0.05, 0) is 41.0 Å². The number of rotatable bonds is 8. The van der Waals surface area contributed by atoms with Gasteiger partial charge in [0.15, 0.2) is 15.9 Å². The van der Waals surface area contributed by atoms with Crippen molar-refractivity contribution in [3.05, 3.63) is 118 Å². The van der Waals surface area contributed by atoms with Gasteiger partial charge in [-0.3, -0.25) is 19.5 Å². The summed E-state index contributed by atoms with van der Waals surface area (Å²) in [6.45, 7) is 0. The number of thioether (sulfide) groups is 1. The van der Waals surface area contributed by atoms with Crippen molar-refractivity contribution in [3.8, 4) is 0 Å². The number of halogens is 1. The van der Waals surface area contributed by atoms with Gasteiger partial charge in [0.2, 0.25) is 5.13 Å². The van der Waals surface area contributed by atoms with Crippen molar-refractivity contribution < 1.29 is 14.7 Å². The normalized spacial score (nSPS) is 15.6. The minimum Gasteiger partial charge on any atom is -0.503 e. The largest absolute Gasteiger partial charge is 0.503 e. The van der Waals surface area contributed by atoms with E-state index in [9.17, 15) is 14.7 Å². The average Bonchev–Trinajstić information content (AvgIpc) is 3.50. The molecule has 0 radical (unpaired) electrons. The number of pyridine rings is 1. The van der Waals surface area contributed by atoms with Crippen LogP contribution in [0.5, 0.6) is 0 Å². The molecule has 10 heteroatoms. The van der Waals surface area contributed by atoms with Crippen molar-refractivity contribution in [3.63, 3.8) is 0 Å². The number of carbonyl (C=O) groups excluding carboxylic acids is 2. The van der Waals surface area contributed by atoms with Crippen LogP contribution in [0.2, 0.25) is 5.02 Å². The molecule has 1 aliphatic rings. The van der Waals surface area contributed by atoms with Gasteiger partial charge in [0, 0.05) is 23.2 Å². The summed E-state index contributed by atoms with van der Waals surface area (Å²) in [5, 5.41) is 20.2. The Labute approximate surface area is 226 Å². The lowest BCUT2D eigenvalue weighted by Crippen LogP contribution is -2.30. The number of carbonyl (C=O) groups is 2. The molecule has 184 valence electrons. The molecule has 1 unspecified atom stereocenters. The fourth-order valence-electron chi connectivity index (χ4n) is 3.82.